The van der Waals surface area contributed by atoms with Crippen LogP contribution < -0.4 is 5.32 Å². The van der Waals surface area contributed by atoms with Gasteiger partial charge in [0.15, 0.2) is 0 Å². The number of benzene rings is 1. The summed E-state index contributed by atoms with van der Waals surface area (Å²) in [4.78, 5) is 25.9. The van der Waals surface area contributed by atoms with Crippen molar-refractivity contribution in [1.29, 1.82) is 0 Å². The molecule has 0 unspecified atom stereocenters. The van der Waals surface area contributed by atoms with Gasteiger partial charge >= 0.3 is 12.0 Å². The lowest BCUT2D eigenvalue weighted by Gasteiger charge is -2.35. The highest BCUT2D eigenvalue weighted by Crippen LogP contribution is 2.31. The van der Waals surface area contributed by atoms with Gasteiger partial charge in [-0.2, -0.15) is 0 Å². The van der Waals surface area contributed by atoms with Gasteiger partial charge in [0.1, 0.15) is 5.82 Å². The van der Waals surface area contributed by atoms with Crippen LogP contribution >= 0.6 is 0 Å². The maximum Gasteiger partial charge on any atom is 0.337 e. The number of hydrogen-bond acceptors (Lipinski definition) is 4. The molecule has 1 atom stereocenters. The quantitative estimate of drug-likeness (QED) is 0.842. The SMILES string of the molecule is COCCN1C(=O)N[C@H](c2cccc(F)c2)C(C(=O)OC)=C1C. The number of halogens is 1. The molecule has 1 aromatic carbocycles. The van der Waals surface area contributed by atoms with E-state index in [4.69, 9.17) is 9.47 Å². The molecule has 23 heavy (non-hydrogen) atoms. The van der Waals surface area contributed by atoms with E-state index in [1.54, 1.807) is 13.0 Å². The Hall–Kier alpha value is -2.41. The fourth-order valence-corrected chi connectivity index (χ4v) is 2.54. The molecule has 0 saturated heterocycles. The van der Waals surface area contributed by atoms with Crippen LogP contribution in [0.15, 0.2) is 35.5 Å². The van der Waals surface area contributed by atoms with Gasteiger partial charge < -0.3 is 14.8 Å². The lowest BCUT2D eigenvalue weighted by Crippen LogP contribution is -2.48. The van der Waals surface area contributed by atoms with E-state index in [-0.39, 0.29) is 11.6 Å². The van der Waals surface area contributed by atoms with Gasteiger partial charge in [-0.15, -0.1) is 0 Å². The number of nitrogens with zero attached hydrogens (tertiary/aromatic N) is 1. The Morgan fingerprint density at radius 2 is 2.13 bits per heavy atom. The summed E-state index contributed by atoms with van der Waals surface area (Å²) in [6, 6.07) is 4.62. The number of nitrogens with one attached hydrogen (secondary N) is 1. The van der Waals surface area contributed by atoms with Crippen LogP contribution in [-0.4, -0.2) is 44.3 Å². The van der Waals surface area contributed by atoms with Gasteiger partial charge in [0, 0.05) is 12.8 Å². The van der Waals surface area contributed by atoms with Gasteiger partial charge in [0.2, 0.25) is 0 Å². The third-order valence-corrected chi connectivity index (χ3v) is 3.70. The summed E-state index contributed by atoms with van der Waals surface area (Å²) in [5.41, 5.74) is 1.21. The first kappa shape index (κ1) is 17.0. The lowest BCUT2D eigenvalue weighted by atomic mass is 9.95. The molecule has 1 aliphatic heterocycles. The molecule has 0 aliphatic carbocycles. The van der Waals surface area contributed by atoms with Gasteiger partial charge in [-0.05, 0) is 24.6 Å². The van der Waals surface area contributed by atoms with Crippen molar-refractivity contribution in [2.24, 2.45) is 0 Å². The first-order valence-electron chi connectivity index (χ1n) is 7.11. The third-order valence-electron chi connectivity index (χ3n) is 3.70. The van der Waals surface area contributed by atoms with Crippen LogP contribution in [0.2, 0.25) is 0 Å². The minimum Gasteiger partial charge on any atom is -0.466 e. The average molecular weight is 322 g/mol. The van der Waals surface area contributed by atoms with E-state index < -0.39 is 17.8 Å². The molecule has 0 fully saturated rings. The molecule has 1 aromatic rings. The average Bonchev–Trinajstić information content (AvgIpc) is 2.53. The summed E-state index contributed by atoms with van der Waals surface area (Å²) in [6.07, 6.45) is 0. The summed E-state index contributed by atoms with van der Waals surface area (Å²) in [5.74, 6) is -1.01. The molecule has 124 valence electrons. The maximum atomic E-state index is 13.5. The summed E-state index contributed by atoms with van der Waals surface area (Å²) in [6.45, 7) is 2.28. The van der Waals surface area contributed by atoms with Crippen molar-refractivity contribution in [3.8, 4) is 0 Å². The second-order valence-electron chi connectivity index (χ2n) is 5.07. The lowest BCUT2D eigenvalue weighted by molar-refractivity contribution is -0.136. The van der Waals surface area contributed by atoms with Crippen LogP contribution in [0.4, 0.5) is 9.18 Å². The highest BCUT2D eigenvalue weighted by Gasteiger charge is 2.36. The first-order valence-corrected chi connectivity index (χ1v) is 7.11. The Kier molecular flexibility index (Phi) is 5.33. The number of carbonyl (C=O) groups excluding carboxylic acids is 2. The minimum absolute atomic E-state index is 0.272. The van der Waals surface area contributed by atoms with Crippen LogP contribution in [0.1, 0.15) is 18.5 Å². The molecule has 0 spiro atoms. The number of amides is 2. The van der Waals surface area contributed by atoms with E-state index in [1.807, 2.05) is 0 Å². The molecule has 2 rings (SSSR count). The fourth-order valence-electron chi connectivity index (χ4n) is 2.54. The Bertz CT molecular complexity index is 645. The highest BCUT2D eigenvalue weighted by molar-refractivity contribution is 5.94. The molecule has 1 N–H and O–H groups in total. The monoisotopic (exact) mass is 322 g/mol. The number of ether oxygens (including phenoxy) is 2. The molecule has 1 heterocycles. The molecule has 0 saturated carbocycles. The van der Waals surface area contributed by atoms with E-state index in [0.717, 1.165) is 0 Å². The number of allylic oxidation sites excluding steroid dienone is 1. The van der Waals surface area contributed by atoms with Crippen LogP contribution in [0, 0.1) is 5.82 Å². The summed E-state index contributed by atoms with van der Waals surface area (Å²) in [7, 11) is 2.79. The number of rotatable bonds is 5. The van der Waals surface area contributed by atoms with E-state index >= 15 is 0 Å². The zero-order chi connectivity index (χ0) is 17.0. The second-order valence-corrected chi connectivity index (χ2v) is 5.07. The number of esters is 1. The van der Waals surface area contributed by atoms with Crippen molar-refractivity contribution in [3.05, 3.63) is 46.9 Å². The Morgan fingerprint density at radius 1 is 1.39 bits per heavy atom. The molecule has 7 heteroatoms. The standard InChI is InChI=1S/C16H19FN2O4/c1-10-13(15(20)23-3)14(11-5-4-6-12(17)9-11)18-16(21)19(10)7-8-22-2/h4-6,9,14H,7-8H2,1-3H3,(H,18,21)/t14-/m1/s1. The highest BCUT2D eigenvalue weighted by atomic mass is 19.1. The van der Waals surface area contributed by atoms with Gasteiger partial charge in [-0.25, -0.2) is 14.0 Å². The summed E-state index contributed by atoms with van der Waals surface area (Å²) in [5, 5.41) is 2.72. The number of urea groups is 1. The number of carbonyl (C=O) groups is 2. The van der Waals surface area contributed by atoms with Crippen molar-refractivity contribution in [1.82, 2.24) is 10.2 Å². The third kappa shape index (κ3) is 3.50. The normalized spacial score (nSPS) is 18.0. The predicted molar refractivity (Wildman–Crippen MR) is 81.0 cm³/mol. The van der Waals surface area contributed by atoms with Crippen LogP contribution in [0.5, 0.6) is 0 Å². The predicted octanol–water partition coefficient (Wildman–Crippen LogP) is 1.99. The van der Waals surface area contributed by atoms with Crippen LogP contribution in [0.25, 0.3) is 0 Å². The maximum absolute atomic E-state index is 13.5. The molecule has 0 radical (unpaired) electrons. The van der Waals surface area contributed by atoms with Crippen molar-refractivity contribution >= 4 is 12.0 Å². The van der Waals surface area contributed by atoms with Gasteiger partial charge in [-0.1, -0.05) is 12.1 Å². The van der Waals surface area contributed by atoms with Crippen molar-refractivity contribution in [3.63, 3.8) is 0 Å². The topological polar surface area (TPSA) is 67.9 Å². The molecule has 6 nitrogen and oxygen atoms in total. The molecule has 0 aromatic heterocycles. The molecule has 2 amide bonds. The first-order chi connectivity index (χ1) is 11.0. The van der Waals surface area contributed by atoms with Crippen LogP contribution in [-0.2, 0) is 14.3 Å². The van der Waals surface area contributed by atoms with Gasteiger partial charge in [0.25, 0.3) is 0 Å². The number of methoxy groups -OCH3 is 2. The van der Waals surface area contributed by atoms with E-state index in [1.165, 1.54) is 37.3 Å². The van der Waals surface area contributed by atoms with E-state index in [0.29, 0.717) is 24.4 Å². The van der Waals surface area contributed by atoms with E-state index in [2.05, 4.69) is 5.32 Å². The fraction of sp³-hybridized carbons (Fsp3) is 0.375. The van der Waals surface area contributed by atoms with Gasteiger partial charge in [0.05, 0.1) is 31.9 Å². The smallest absolute Gasteiger partial charge is 0.337 e. The molecular formula is C16H19FN2O4. The van der Waals surface area contributed by atoms with Crippen LogP contribution in [0.3, 0.4) is 0 Å². The summed E-state index contributed by atoms with van der Waals surface area (Å²) < 4.78 is 23.3. The van der Waals surface area contributed by atoms with Crippen molar-refractivity contribution in [2.45, 2.75) is 13.0 Å². The molecule has 1 aliphatic rings. The largest absolute Gasteiger partial charge is 0.466 e. The second kappa shape index (κ2) is 7.23. The zero-order valence-electron chi connectivity index (χ0n) is 13.3. The molecule has 0 bridgehead atoms. The Morgan fingerprint density at radius 3 is 2.74 bits per heavy atom. The molecular weight excluding hydrogens is 303 g/mol. The van der Waals surface area contributed by atoms with Crippen molar-refractivity contribution in [2.75, 3.05) is 27.4 Å². The summed E-state index contributed by atoms with van der Waals surface area (Å²) >= 11 is 0. The van der Waals surface area contributed by atoms with Crippen molar-refractivity contribution < 1.29 is 23.5 Å². The zero-order valence-corrected chi connectivity index (χ0v) is 13.3. The minimum atomic E-state index is -0.760. The van der Waals surface area contributed by atoms with E-state index in [9.17, 15) is 14.0 Å². The van der Waals surface area contributed by atoms with Gasteiger partial charge in [-0.3, -0.25) is 4.90 Å². The Labute approximate surface area is 133 Å². The number of hydrogen-bond donors (Lipinski definition) is 1. The Balaban J connectivity index is 2.48.